The molecule has 3 aromatic rings. The van der Waals surface area contributed by atoms with Gasteiger partial charge < -0.3 is 4.74 Å². The first kappa shape index (κ1) is 23.1. The number of halogens is 3. The lowest BCUT2D eigenvalue weighted by atomic mass is 9.99. The third-order valence-corrected chi connectivity index (χ3v) is 5.23. The van der Waals surface area contributed by atoms with Gasteiger partial charge in [0.1, 0.15) is 34.8 Å². The minimum absolute atomic E-state index is 0.275. The van der Waals surface area contributed by atoms with Gasteiger partial charge in [0.25, 0.3) is 0 Å². The standard InChI is InChI=1S/C27H24F3NO/c1-2-3-14-32-23-12-8-19(9-13-23)4-5-20-6-10-22(25(28)15-20)11-7-21-16-26(29)24(18-31)27(30)17-21/h2,6,8-10,12-13,15-17H,1,3-5,7,11,14H2. The predicted octanol–water partition coefficient (Wildman–Crippen LogP) is 6.50. The second-order valence-corrected chi connectivity index (χ2v) is 7.54. The molecule has 3 aromatic carbocycles. The van der Waals surface area contributed by atoms with Crippen LogP contribution in [0.2, 0.25) is 0 Å². The molecule has 0 aromatic heterocycles. The summed E-state index contributed by atoms with van der Waals surface area (Å²) in [7, 11) is 0. The lowest BCUT2D eigenvalue weighted by Gasteiger charge is -2.09. The first-order valence-electron chi connectivity index (χ1n) is 10.5. The second kappa shape index (κ2) is 11.2. The number of rotatable bonds is 10. The molecule has 0 heterocycles. The highest BCUT2D eigenvalue weighted by Crippen LogP contribution is 2.19. The molecule has 0 aliphatic rings. The van der Waals surface area contributed by atoms with Gasteiger partial charge in [0, 0.05) is 0 Å². The Bertz CT molecular complexity index is 1090. The lowest BCUT2D eigenvalue weighted by molar-refractivity contribution is 0.325. The summed E-state index contributed by atoms with van der Waals surface area (Å²) in [5.41, 5.74) is 2.29. The monoisotopic (exact) mass is 435 g/mol. The van der Waals surface area contributed by atoms with Crippen molar-refractivity contribution in [2.75, 3.05) is 6.61 Å². The smallest absolute Gasteiger partial charge is 0.144 e. The van der Waals surface area contributed by atoms with Crippen LogP contribution in [0.1, 0.15) is 34.2 Å². The van der Waals surface area contributed by atoms with Crippen molar-refractivity contribution in [3.63, 3.8) is 0 Å². The van der Waals surface area contributed by atoms with Crippen molar-refractivity contribution in [3.8, 4) is 11.8 Å². The van der Waals surface area contributed by atoms with Gasteiger partial charge in [0.15, 0.2) is 0 Å². The number of hydrogen-bond acceptors (Lipinski definition) is 2. The summed E-state index contributed by atoms with van der Waals surface area (Å²) >= 11 is 0. The van der Waals surface area contributed by atoms with Crippen molar-refractivity contribution in [2.45, 2.75) is 32.1 Å². The summed E-state index contributed by atoms with van der Waals surface area (Å²) in [4.78, 5) is 0. The van der Waals surface area contributed by atoms with E-state index >= 15 is 0 Å². The van der Waals surface area contributed by atoms with Gasteiger partial charge in [-0.05, 0) is 84.7 Å². The average molecular weight is 435 g/mol. The highest BCUT2D eigenvalue weighted by molar-refractivity contribution is 5.36. The number of nitriles is 1. The van der Waals surface area contributed by atoms with Crippen LogP contribution in [0.4, 0.5) is 13.2 Å². The van der Waals surface area contributed by atoms with Gasteiger partial charge in [-0.2, -0.15) is 5.26 Å². The van der Waals surface area contributed by atoms with Gasteiger partial charge in [-0.25, -0.2) is 13.2 Å². The zero-order chi connectivity index (χ0) is 22.9. The molecule has 0 saturated heterocycles. The molecule has 0 bridgehead atoms. The molecule has 0 unspecified atom stereocenters. The van der Waals surface area contributed by atoms with Gasteiger partial charge in [0.05, 0.1) is 6.61 Å². The molecule has 0 spiro atoms. The molecule has 0 atom stereocenters. The number of benzene rings is 3. The van der Waals surface area contributed by atoms with E-state index in [0.717, 1.165) is 41.9 Å². The SMILES string of the molecule is C=CCCOc1ccc(CCc2ccc(CCc3cc(F)c(C#N)c(F)c3)c(F)c2)cc1. The summed E-state index contributed by atoms with van der Waals surface area (Å²) in [6.07, 6.45) is 4.66. The van der Waals surface area contributed by atoms with Crippen molar-refractivity contribution in [1.29, 1.82) is 5.26 Å². The molecule has 0 aliphatic heterocycles. The summed E-state index contributed by atoms with van der Waals surface area (Å²) in [5.74, 6) is -1.31. The molecule has 0 radical (unpaired) electrons. The van der Waals surface area contributed by atoms with Gasteiger partial charge in [-0.15, -0.1) is 6.58 Å². The summed E-state index contributed by atoms with van der Waals surface area (Å²) in [5, 5.41) is 8.74. The predicted molar refractivity (Wildman–Crippen MR) is 119 cm³/mol. The molecule has 2 nitrogen and oxygen atoms in total. The van der Waals surface area contributed by atoms with Crippen LogP contribution in [0.3, 0.4) is 0 Å². The van der Waals surface area contributed by atoms with E-state index in [1.54, 1.807) is 6.07 Å². The molecule has 3 rings (SSSR count). The quantitative estimate of drug-likeness (QED) is 0.269. The van der Waals surface area contributed by atoms with Crippen LogP contribution >= 0.6 is 0 Å². The molecule has 5 heteroatoms. The van der Waals surface area contributed by atoms with Gasteiger partial charge in [0.2, 0.25) is 0 Å². The van der Waals surface area contributed by atoms with Gasteiger partial charge in [-0.3, -0.25) is 0 Å². The highest BCUT2D eigenvalue weighted by Gasteiger charge is 2.11. The maximum atomic E-state index is 14.5. The van der Waals surface area contributed by atoms with E-state index in [2.05, 4.69) is 6.58 Å². The van der Waals surface area contributed by atoms with Crippen LogP contribution in [0.5, 0.6) is 5.75 Å². The van der Waals surface area contributed by atoms with Crippen molar-refractivity contribution >= 4 is 0 Å². The van der Waals surface area contributed by atoms with E-state index in [1.165, 1.54) is 12.1 Å². The Hall–Kier alpha value is -3.52. The molecule has 0 amide bonds. The van der Waals surface area contributed by atoms with Crippen molar-refractivity contribution < 1.29 is 17.9 Å². The van der Waals surface area contributed by atoms with E-state index in [4.69, 9.17) is 10.00 Å². The molecule has 32 heavy (non-hydrogen) atoms. The van der Waals surface area contributed by atoms with Crippen LogP contribution in [-0.4, -0.2) is 6.61 Å². The minimum Gasteiger partial charge on any atom is -0.493 e. The van der Waals surface area contributed by atoms with Crippen LogP contribution < -0.4 is 4.74 Å². The number of aryl methyl sites for hydroxylation is 4. The van der Waals surface area contributed by atoms with Crippen molar-refractivity contribution in [1.82, 2.24) is 0 Å². The number of nitrogens with zero attached hydrogens (tertiary/aromatic N) is 1. The van der Waals surface area contributed by atoms with E-state index < -0.39 is 17.2 Å². The maximum Gasteiger partial charge on any atom is 0.144 e. The number of hydrogen-bond donors (Lipinski definition) is 0. The van der Waals surface area contributed by atoms with Crippen LogP contribution in [0.15, 0.2) is 67.3 Å². The van der Waals surface area contributed by atoms with Crippen LogP contribution in [0, 0.1) is 28.8 Å². The minimum atomic E-state index is -0.894. The molecule has 0 aliphatic carbocycles. The van der Waals surface area contributed by atoms with Gasteiger partial charge >= 0.3 is 0 Å². The Morgan fingerprint density at radius 3 is 2.00 bits per heavy atom. The normalized spacial score (nSPS) is 10.6. The second-order valence-electron chi connectivity index (χ2n) is 7.54. The van der Waals surface area contributed by atoms with Crippen molar-refractivity contribution in [2.24, 2.45) is 0 Å². The molecule has 0 saturated carbocycles. The Kier molecular flexibility index (Phi) is 8.10. The maximum absolute atomic E-state index is 14.5. The van der Waals surface area contributed by atoms with E-state index in [0.29, 0.717) is 30.6 Å². The van der Waals surface area contributed by atoms with E-state index in [-0.39, 0.29) is 12.2 Å². The zero-order valence-corrected chi connectivity index (χ0v) is 17.7. The molecular formula is C27H24F3NO. The Balaban J connectivity index is 1.55. The van der Waals surface area contributed by atoms with E-state index in [9.17, 15) is 13.2 Å². The molecular weight excluding hydrogens is 411 g/mol. The fourth-order valence-corrected chi connectivity index (χ4v) is 3.41. The number of ether oxygens (including phenoxy) is 1. The molecule has 164 valence electrons. The fourth-order valence-electron chi connectivity index (χ4n) is 3.41. The lowest BCUT2D eigenvalue weighted by Crippen LogP contribution is -2.00. The topological polar surface area (TPSA) is 33.0 Å². The first-order chi connectivity index (χ1) is 15.5. The van der Waals surface area contributed by atoms with Crippen LogP contribution in [0.25, 0.3) is 0 Å². The molecule has 0 fully saturated rings. The fraction of sp³-hybridized carbons (Fsp3) is 0.222. The largest absolute Gasteiger partial charge is 0.493 e. The molecule has 0 N–H and O–H groups in total. The van der Waals surface area contributed by atoms with E-state index in [1.807, 2.05) is 36.4 Å². The highest BCUT2D eigenvalue weighted by atomic mass is 19.1. The Labute approximate surface area is 186 Å². The third-order valence-electron chi connectivity index (χ3n) is 5.23. The van der Waals surface area contributed by atoms with Gasteiger partial charge in [-0.1, -0.05) is 30.3 Å². The summed E-state index contributed by atoms with van der Waals surface area (Å²) in [6, 6.07) is 16.7. The van der Waals surface area contributed by atoms with Crippen molar-refractivity contribution in [3.05, 3.63) is 113 Å². The Morgan fingerprint density at radius 1 is 0.781 bits per heavy atom. The third kappa shape index (κ3) is 6.24. The first-order valence-corrected chi connectivity index (χ1v) is 10.5. The Morgan fingerprint density at radius 2 is 1.38 bits per heavy atom. The summed E-state index contributed by atoms with van der Waals surface area (Å²) in [6.45, 7) is 4.26. The van der Waals surface area contributed by atoms with Crippen LogP contribution in [-0.2, 0) is 25.7 Å². The zero-order valence-electron chi connectivity index (χ0n) is 17.7. The summed E-state index contributed by atoms with van der Waals surface area (Å²) < 4.78 is 47.6. The average Bonchev–Trinajstić information content (AvgIpc) is 2.78.